The zero-order valence-corrected chi connectivity index (χ0v) is 20.2. The third-order valence-electron chi connectivity index (χ3n) is 8.22. The fourth-order valence-corrected chi connectivity index (χ4v) is 6.25. The van der Waals surface area contributed by atoms with Crippen molar-refractivity contribution in [3.8, 4) is 0 Å². The molecule has 0 unspecified atom stereocenters. The Bertz CT molecular complexity index is 1060. The van der Waals surface area contributed by atoms with E-state index in [9.17, 15) is 24.9 Å². The van der Waals surface area contributed by atoms with Gasteiger partial charge in [0.2, 0.25) is 5.91 Å². The van der Waals surface area contributed by atoms with Crippen LogP contribution < -0.4 is 5.32 Å². The number of hydrogen-bond acceptors (Lipinski definition) is 5. The summed E-state index contributed by atoms with van der Waals surface area (Å²) in [6, 6.07) is 9.60. The van der Waals surface area contributed by atoms with Crippen LogP contribution >= 0.6 is 0 Å². The molecule has 1 aromatic rings. The van der Waals surface area contributed by atoms with E-state index in [0.717, 1.165) is 16.7 Å². The second-order valence-electron chi connectivity index (χ2n) is 10.4. The van der Waals surface area contributed by atoms with E-state index in [4.69, 9.17) is 0 Å². The number of benzene rings is 1. The maximum Gasteiger partial charge on any atom is 0.230 e. The molecule has 1 spiro atoms. The van der Waals surface area contributed by atoms with Gasteiger partial charge in [-0.15, -0.1) is 0 Å². The number of aliphatic hydroxyl groups excluding tert-OH is 2. The maximum absolute atomic E-state index is 13.8. The number of Topliss-reactive ketones (excluding diaryl/α,β-unsaturated/α-hetero) is 1. The molecular weight excluding hydrogens is 430 g/mol. The number of aliphatic hydroxyl groups is 3. The highest BCUT2D eigenvalue weighted by Crippen LogP contribution is 2.56. The van der Waals surface area contributed by atoms with E-state index < -0.39 is 35.1 Å². The minimum Gasteiger partial charge on any atom is -0.388 e. The SMILES string of the molecule is CC1=C(C)[C@H]2[C@H](Cc3ccccc3)NC(=O)[C@]23[C@H](O)/C=C/[C@@](C)(O)C(=O)[C@@H](C)C/C=C/[C@H]3[C@@H]1O. The summed E-state index contributed by atoms with van der Waals surface area (Å²) < 4.78 is 0. The lowest BCUT2D eigenvalue weighted by molar-refractivity contribution is -0.141. The van der Waals surface area contributed by atoms with Gasteiger partial charge in [-0.05, 0) is 50.8 Å². The zero-order valence-electron chi connectivity index (χ0n) is 20.2. The Kier molecular flexibility index (Phi) is 6.44. The second-order valence-corrected chi connectivity index (χ2v) is 10.4. The van der Waals surface area contributed by atoms with Gasteiger partial charge in [0.1, 0.15) is 5.60 Å². The number of carbonyl (C=O) groups excluding carboxylic acids is 2. The predicted molar refractivity (Wildman–Crippen MR) is 130 cm³/mol. The molecule has 34 heavy (non-hydrogen) atoms. The molecule has 6 heteroatoms. The quantitative estimate of drug-likeness (QED) is 0.502. The van der Waals surface area contributed by atoms with Gasteiger partial charge in [-0.25, -0.2) is 0 Å². The molecule has 1 heterocycles. The van der Waals surface area contributed by atoms with Gasteiger partial charge in [-0.2, -0.15) is 0 Å². The largest absolute Gasteiger partial charge is 0.388 e. The van der Waals surface area contributed by atoms with E-state index >= 15 is 0 Å². The van der Waals surface area contributed by atoms with Crippen LogP contribution in [0.25, 0.3) is 0 Å². The van der Waals surface area contributed by atoms with Gasteiger partial charge in [-0.3, -0.25) is 9.59 Å². The topological polar surface area (TPSA) is 107 Å². The van der Waals surface area contributed by atoms with Crippen LogP contribution in [0.3, 0.4) is 0 Å². The average molecular weight is 466 g/mol. The van der Waals surface area contributed by atoms with E-state index in [1.165, 1.54) is 19.1 Å². The van der Waals surface area contributed by atoms with Crippen LogP contribution in [0, 0.1) is 23.2 Å². The summed E-state index contributed by atoms with van der Waals surface area (Å²) in [6.07, 6.45) is 4.93. The first kappa shape index (κ1) is 24.6. The number of hydrogen-bond donors (Lipinski definition) is 4. The minimum atomic E-state index is -1.77. The molecule has 182 valence electrons. The number of amides is 1. The highest BCUT2D eigenvalue weighted by molar-refractivity contribution is 5.91. The number of nitrogens with one attached hydrogen (secondary N) is 1. The lowest BCUT2D eigenvalue weighted by Crippen LogP contribution is -2.57. The molecule has 1 fully saturated rings. The molecule has 4 N–H and O–H groups in total. The molecule has 4 rings (SSSR count). The molecule has 1 aliphatic heterocycles. The summed E-state index contributed by atoms with van der Waals surface area (Å²) >= 11 is 0. The molecule has 1 amide bonds. The molecule has 0 bridgehead atoms. The van der Waals surface area contributed by atoms with Crippen LogP contribution in [0.4, 0.5) is 0 Å². The van der Waals surface area contributed by atoms with Gasteiger partial charge in [-0.1, -0.05) is 61.1 Å². The van der Waals surface area contributed by atoms with E-state index in [0.29, 0.717) is 12.8 Å². The highest BCUT2D eigenvalue weighted by Gasteiger charge is 2.66. The van der Waals surface area contributed by atoms with E-state index in [1.807, 2.05) is 44.2 Å². The first-order valence-electron chi connectivity index (χ1n) is 12.0. The Balaban J connectivity index is 1.89. The lowest BCUT2D eigenvalue weighted by atomic mass is 9.54. The molecule has 1 saturated heterocycles. The second kappa shape index (κ2) is 8.91. The monoisotopic (exact) mass is 465 g/mol. The summed E-state index contributed by atoms with van der Waals surface area (Å²) in [5, 5.41) is 36.9. The normalized spacial score (nSPS) is 42.3. The maximum atomic E-state index is 13.8. The smallest absolute Gasteiger partial charge is 0.230 e. The van der Waals surface area contributed by atoms with Crippen molar-refractivity contribution < 1.29 is 24.9 Å². The molecule has 0 saturated carbocycles. The number of rotatable bonds is 2. The summed E-state index contributed by atoms with van der Waals surface area (Å²) in [6.45, 7) is 6.95. The Morgan fingerprint density at radius 1 is 1.06 bits per heavy atom. The molecule has 8 atom stereocenters. The third kappa shape index (κ3) is 3.78. The predicted octanol–water partition coefficient (Wildman–Crippen LogP) is 2.49. The van der Waals surface area contributed by atoms with Crippen molar-refractivity contribution in [2.45, 2.75) is 64.4 Å². The van der Waals surface area contributed by atoms with Crippen molar-refractivity contribution in [2.75, 3.05) is 0 Å². The average Bonchev–Trinajstić information content (AvgIpc) is 3.09. The summed E-state index contributed by atoms with van der Waals surface area (Å²) in [5.74, 6) is -2.21. The minimum absolute atomic E-state index is 0.275. The molecule has 1 aromatic carbocycles. The highest BCUT2D eigenvalue weighted by atomic mass is 16.3. The van der Waals surface area contributed by atoms with Crippen LogP contribution in [0.15, 0.2) is 65.8 Å². The van der Waals surface area contributed by atoms with Crippen molar-refractivity contribution >= 4 is 11.7 Å². The molecule has 6 nitrogen and oxygen atoms in total. The van der Waals surface area contributed by atoms with E-state index in [-0.39, 0.29) is 23.7 Å². The van der Waals surface area contributed by atoms with Crippen molar-refractivity contribution in [3.63, 3.8) is 0 Å². The van der Waals surface area contributed by atoms with Crippen LogP contribution in [0.1, 0.15) is 39.7 Å². The Morgan fingerprint density at radius 3 is 2.41 bits per heavy atom. The first-order valence-corrected chi connectivity index (χ1v) is 12.0. The van der Waals surface area contributed by atoms with Crippen LogP contribution in [-0.4, -0.2) is 50.9 Å². The Hall–Kier alpha value is -2.54. The molecule has 0 aromatic heterocycles. The molecule has 0 radical (unpaired) electrons. The first-order chi connectivity index (χ1) is 16.0. The lowest BCUT2D eigenvalue weighted by Gasteiger charge is -2.49. The van der Waals surface area contributed by atoms with Crippen molar-refractivity contribution in [1.82, 2.24) is 5.32 Å². The third-order valence-corrected chi connectivity index (χ3v) is 8.22. The fourth-order valence-electron chi connectivity index (χ4n) is 6.25. The summed E-state index contributed by atoms with van der Waals surface area (Å²) in [7, 11) is 0. The van der Waals surface area contributed by atoms with Crippen molar-refractivity contribution in [1.29, 1.82) is 0 Å². The van der Waals surface area contributed by atoms with Gasteiger partial charge in [0.15, 0.2) is 5.78 Å². The molecular formula is C28H35NO5. The fraction of sp³-hybridized carbons (Fsp3) is 0.500. The van der Waals surface area contributed by atoms with Crippen LogP contribution in [-0.2, 0) is 16.0 Å². The molecule has 3 aliphatic rings. The van der Waals surface area contributed by atoms with Gasteiger partial charge >= 0.3 is 0 Å². The zero-order chi connectivity index (χ0) is 24.8. The molecule has 2 aliphatic carbocycles. The number of carbonyl (C=O) groups is 2. The number of ketones is 1. The van der Waals surface area contributed by atoms with Gasteiger partial charge in [0, 0.05) is 23.8 Å². The summed E-state index contributed by atoms with van der Waals surface area (Å²) in [4.78, 5) is 26.6. The van der Waals surface area contributed by atoms with E-state index in [2.05, 4.69) is 5.32 Å². The van der Waals surface area contributed by atoms with Crippen molar-refractivity contribution in [3.05, 3.63) is 71.3 Å². The van der Waals surface area contributed by atoms with Gasteiger partial charge in [0.25, 0.3) is 0 Å². The standard InChI is InChI=1S/C28H35NO5/c1-16-9-8-12-20-24(31)18(3)17(2)23-21(15-19-10-6-5-7-11-19)29-26(33)28(20,23)22(30)13-14-27(4,34)25(16)32/h5-8,10-14,16,20-24,30-31,34H,9,15H2,1-4H3,(H,29,33)/b12-8+,14-13+/t16-,20-,21-,22+,23-,24+,27+,28+/m0/s1. The van der Waals surface area contributed by atoms with Crippen LogP contribution in [0.5, 0.6) is 0 Å². The van der Waals surface area contributed by atoms with Gasteiger partial charge in [0.05, 0.1) is 17.6 Å². The Labute approximate surface area is 201 Å². The Morgan fingerprint density at radius 2 is 1.74 bits per heavy atom. The number of allylic oxidation sites excluding steroid dienone is 1. The van der Waals surface area contributed by atoms with Crippen molar-refractivity contribution in [2.24, 2.45) is 23.2 Å². The van der Waals surface area contributed by atoms with Crippen LogP contribution in [0.2, 0.25) is 0 Å². The summed E-state index contributed by atoms with van der Waals surface area (Å²) in [5.41, 5.74) is -0.394. The van der Waals surface area contributed by atoms with Gasteiger partial charge < -0.3 is 20.6 Å². The van der Waals surface area contributed by atoms with E-state index in [1.54, 1.807) is 19.1 Å².